The smallest absolute Gasteiger partial charge is 0.0220 e. The predicted octanol–water partition coefficient (Wildman–Crippen LogP) is 1.14. The van der Waals surface area contributed by atoms with Gasteiger partial charge in [-0.3, -0.25) is 0 Å². The van der Waals surface area contributed by atoms with E-state index in [-0.39, 0.29) is 0 Å². The summed E-state index contributed by atoms with van der Waals surface area (Å²) in [5, 5.41) is 0. The van der Waals surface area contributed by atoms with Gasteiger partial charge in [0.25, 0.3) is 0 Å². The minimum Gasteiger partial charge on any atom is -0.327 e. The van der Waals surface area contributed by atoms with Gasteiger partial charge in [-0.05, 0) is 39.9 Å². The van der Waals surface area contributed by atoms with Crippen molar-refractivity contribution in [2.45, 2.75) is 44.7 Å². The van der Waals surface area contributed by atoms with Gasteiger partial charge in [-0.25, -0.2) is 0 Å². The molecular formula is C12H27N3. The van der Waals surface area contributed by atoms with Crippen molar-refractivity contribution in [3.05, 3.63) is 0 Å². The number of likely N-dealkylation sites (N-methyl/N-ethyl adjacent to an activating group) is 2. The first kappa shape index (κ1) is 12.9. The molecule has 2 N–H and O–H groups in total. The van der Waals surface area contributed by atoms with Gasteiger partial charge in [0.1, 0.15) is 0 Å². The molecule has 1 fully saturated rings. The summed E-state index contributed by atoms with van der Waals surface area (Å²) in [7, 11) is 4.43. The third kappa shape index (κ3) is 4.49. The van der Waals surface area contributed by atoms with Crippen LogP contribution in [0.3, 0.4) is 0 Å². The Morgan fingerprint density at radius 2 is 2.27 bits per heavy atom. The zero-order valence-corrected chi connectivity index (χ0v) is 10.6. The second-order valence-electron chi connectivity index (χ2n) is 5.05. The van der Waals surface area contributed by atoms with Gasteiger partial charge in [0.15, 0.2) is 0 Å². The highest BCUT2D eigenvalue weighted by Gasteiger charge is 2.22. The van der Waals surface area contributed by atoms with Gasteiger partial charge in [-0.15, -0.1) is 0 Å². The summed E-state index contributed by atoms with van der Waals surface area (Å²) in [6.07, 6.45) is 5.04. The quantitative estimate of drug-likeness (QED) is 0.718. The number of rotatable bonds is 6. The van der Waals surface area contributed by atoms with Crippen molar-refractivity contribution in [3.63, 3.8) is 0 Å². The minimum absolute atomic E-state index is 0.353. The van der Waals surface area contributed by atoms with E-state index in [0.29, 0.717) is 6.04 Å². The van der Waals surface area contributed by atoms with E-state index in [0.717, 1.165) is 19.0 Å². The number of nitrogens with two attached hydrogens (primary N) is 1. The second-order valence-corrected chi connectivity index (χ2v) is 5.05. The Morgan fingerprint density at radius 1 is 1.53 bits per heavy atom. The molecule has 0 aromatic heterocycles. The summed E-state index contributed by atoms with van der Waals surface area (Å²) < 4.78 is 0. The van der Waals surface area contributed by atoms with E-state index in [1.807, 2.05) is 0 Å². The fourth-order valence-electron chi connectivity index (χ4n) is 2.51. The summed E-state index contributed by atoms with van der Waals surface area (Å²) in [6.45, 7) is 5.68. The fraction of sp³-hybridized carbons (Fsp3) is 1.00. The van der Waals surface area contributed by atoms with Gasteiger partial charge in [0.2, 0.25) is 0 Å². The molecule has 0 aromatic carbocycles. The van der Waals surface area contributed by atoms with E-state index in [9.17, 15) is 0 Å². The van der Waals surface area contributed by atoms with E-state index in [1.54, 1.807) is 0 Å². The topological polar surface area (TPSA) is 32.5 Å². The summed E-state index contributed by atoms with van der Waals surface area (Å²) in [4.78, 5) is 4.87. The third-order valence-electron chi connectivity index (χ3n) is 3.40. The van der Waals surface area contributed by atoms with Crippen LogP contribution in [0.25, 0.3) is 0 Å². The molecule has 1 rings (SSSR count). The van der Waals surface area contributed by atoms with Crippen LogP contribution in [0.2, 0.25) is 0 Å². The highest BCUT2D eigenvalue weighted by Crippen LogP contribution is 2.15. The molecule has 2 unspecified atom stereocenters. The monoisotopic (exact) mass is 213 g/mol. The van der Waals surface area contributed by atoms with Crippen molar-refractivity contribution >= 4 is 0 Å². The summed E-state index contributed by atoms with van der Waals surface area (Å²) in [5.41, 5.74) is 6.04. The van der Waals surface area contributed by atoms with Gasteiger partial charge >= 0.3 is 0 Å². The molecule has 15 heavy (non-hydrogen) atoms. The Bertz CT molecular complexity index is 172. The van der Waals surface area contributed by atoms with Gasteiger partial charge < -0.3 is 15.5 Å². The molecule has 0 spiro atoms. The molecule has 0 aliphatic carbocycles. The summed E-state index contributed by atoms with van der Waals surface area (Å²) in [6, 6.07) is 1.11. The molecule has 2 atom stereocenters. The largest absolute Gasteiger partial charge is 0.327 e. The predicted molar refractivity (Wildman–Crippen MR) is 66.0 cm³/mol. The van der Waals surface area contributed by atoms with Crippen LogP contribution in [-0.2, 0) is 0 Å². The van der Waals surface area contributed by atoms with Crippen LogP contribution in [-0.4, -0.2) is 55.6 Å². The van der Waals surface area contributed by atoms with Crippen molar-refractivity contribution in [3.8, 4) is 0 Å². The Kier molecular flexibility index (Phi) is 5.58. The molecule has 3 nitrogen and oxygen atoms in total. The lowest BCUT2D eigenvalue weighted by Crippen LogP contribution is -2.42. The number of hydrogen-bond acceptors (Lipinski definition) is 3. The maximum Gasteiger partial charge on any atom is 0.0220 e. The molecule has 1 heterocycles. The lowest BCUT2D eigenvalue weighted by molar-refractivity contribution is 0.211. The molecule has 0 amide bonds. The number of nitrogens with zero attached hydrogens (tertiary/aromatic N) is 2. The SMILES string of the molecule is CCCC(N)CN(C)CC1CCCN1C. The first-order valence-corrected chi connectivity index (χ1v) is 6.27. The zero-order chi connectivity index (χ0) is 11.3. The molecule has 0 saturated carbocycles. The van der Waals surface area contributed by atoms with E-state index in [2.05, 4.69) is 30.8 Å². The molecule has 0 aromatic rings. The van der Waals surface area contributed by atoms with E-state index >= 15 is 0 Å². The van der Waals surface area contributed by atoms with Gasteiger partial charge in [-0.2, -0.15) is 0 Å². The molecule has 0 bridgehead atoms. The minimum atomic E-state index is 0.353. The van der Waals surface area contributed by atoms with Gasteiger partial charge in [0, 0.05) is 25.2 Å². The van der Waals surface area contributed by atoms with Crippen LogP contribution < -0.4 is 5.73 Å². The van der Waals surface area contributed by atoms with Crippen molar-refractivity contribution in [2.75, 3.05) is 33.7 Å². The van der Waals surface area contributed by atoms with Crippen LogP contribution in [0.15, 0.2) is 0 Å². The van der Waals surface area contributed by atoms with E-state index in [4.69, 9.17) is 5.73 Å². The Balaban J connectivity index is 2.19. The average molecular weight is 213 g/mol. The van der Waals surface area contributed by atoms with Crippen LogP contribution in [0, 0.1) is 0 Å². The molecule has 1 saturated heterocycles. The lowest BCUT2D eigenvalue weighted by atomic mass is 10.1. The van der Waals surface area contributed by atoms with E-state index in [1.165, 1.54) is 32.4 Å². The maximum absolute atomic E-state index is 6.04. The fourth-order valence-corrected chi connectivity index (χ4v) is 2.51. The Hall–Kier alpha value is -0.120. The van der Waals surface area contributed by atoms with Crippen molar-refractivity contribution < 1.29 is 0 Å². The molecule has 90 valence electrons. The zero-order valence-electron chi connectivity index (χ0n) is 10.6. The summed E-state index contributed by atoms with van der Waals surface area (Å²) >= 11 is 0. The molecular weight excluding hydrogens is 186 g/mol. The maximum atomic E-state index is 6.04. The number of likely N-dealkylation sites (tertiary alicyclic amines) is 1. The average Bonchev–Trinajstić information content (AvgIpc) is 2.52. The highest BCUT2D eigenvalue weighted by atomic mass is 15.2. The Labute approximate surface area is 94.6 Å². The van der Waals surface area contributed by atoms with E-state index < -0.39 is 0 Å². The summed E-state index contributed by atoms with van der Waals surface area (Å²) in [5.74, 6) is 0. The van der Waals surface area contributed by atoms with Crippen molar-refractivity contribution in [1.29, 1.82) is 0 Å². The highest BCUT2D eigenvalue weighted by molar-refractivity contribution is 4.79. The molecule has 0 radical (unpaired) electrons. The van der Waals surface area contributed by atoms with Gasteiger partial charge in [-0.1, -0.05) is 13.3 Å². The number of hydrogen-bond donors (Lipinski definition) is 1. The first-order valence-electron chi connectivity index (χ1n) is 6.27. The Morgan fingerprint density at radius 3 is 2.80 bits per heavy atom. The normalized spacial score (nSPS) is 25.0. The standard InChI is InChI=1S/C12H27N3/c1-4-6-11(13)9-14(2)10-12-7-5-8-15(12)3/h11-12H,4-10,13H2,1-3H3. The van der Waals surface area contributed by atoms with Gasteiger partial charge in [0.05, 0.1) is 0 Å². The van der Waals surface area contributed by atoms with Crippen LogP contribution >= 0.6 is 0 Å². The van der Waals surface area contributed by atoms with Crippen molar-refractivity contribution in [2.24, 2.45) is 5.73 Å². The first-order chi connectivity index (χ1) is 7.13. The third-order valence-corrected chi connectivity index (χ3v) is 3.40. The van der Waals surface area contributed by atoms with Crippen molar-refractivity contribution in [1.82, 2.24) is 9.80 Å². The lowest BCUT2D eigenvalue weighted by Gasteiger charge is -2.27. The molecule has 1 aliphatic rings. The molecule has 3 heteroatoms. The van der Waals surface area contributed by atoms with Crippen LogP contribution in [0.4, 0.5) is 0 Å². The van der Waals surface area contributed by atoms with Crippen LogP contribution in [0.1, 0.15) is 32.6 Å². The van der Waals surface area contributed by atoms with Crippen LogP contribution in [0.5, 0.6) is 0 Å². The second kappa shape index (κ2) is 6.46. The molecule has 1 aliphatic heterocycles.